The van der Waals surface area contributed by atoms with E-state index in [9.17, 15) is 15.1 Å². The number of nitroso groups, excluding NO2 is 1. The van der Waals surface area contributed by atoms with Crippen molar-refractivity contribution in [1.29, 1.82) is 0 Å². The van der Waals surface area contributed by atoms with E-state index < -0.39 is 23.0 Å². The minimum Gasteiger partial charge on any atom is -0.390 e. The molecule has 0 spiro atoms. The summed E-state index contributed by atoms with van der Waals surface area (Å²) in [6, 6.07) is 0. The molecule has 0 aromatic heterocycles. The molecule has 4 fully saturated rings. The van der Waals surface area contributed by atoms with Crippen molar-refractivity contribution in [2.45, 2.75) is 88.7 Å². The van der Waals surface area contributed by atoms with Crippen LogP contribution in [0.4, 0.5) is 0 Å². The first-order chi connectivity index (χ1) is 9.66. The zero-order valence-corrected chi connectivity index (χ0v) is 13.3. The van der Waals surface area contributed by atoms with Crippen molar-refractivity contribution in [2.75, 3.05) is 0 Å². The van der Waals surface area contributed by atoms with Gasteiger partial charge in [-0.05, 0) is 31.6 Å². The van der Waals surface area contributed by atoms with Gasteiger partial charge in [0.1, 0.15) is 5.54 Å². The molecule has 21 heavy (non-hydrogen) atoms. The molecule has 5 atom stereocenters. The fraction of sp³-hybridized carbons (Fsp3) is 1.00. The van der Waals surface area contributed by atoms with E-state index in [4.69, 9.17) is 4.74 Å². The van der Waals surface area contributed by atoms with Crippen LogP contribution in [0.25, 0.3) is 0 Å². The smallest absolute Gasteiger partial charge is 0.160 e. The van der Waals surface area contributed by atoms with Gasteiger partial charge in [-0.15, -0.1) is 0 Å². The van der Waals surface area contributed by atoms with Gasteiger partial charge in [-0.3, -0.25) is 0 Å². The van der Waals surface area contributed by atoms with Crippen molar-refractivity contribution in [1.82, 2.24) is 0 Å². The Morgan fingerprint density at radius 3 is 2.57 bits per heavy atom. The maximum atomic E-state index is 11.4. The van der Waals surface area contributed by atoms with E-state index in [2.05, 4.69) is 5.18 Å². The molecule has 0 amide bonds. The maximum absolute atomic E-state index is 11.4. The van der Waals surface area contributed by atoms with E-state index in [1.54, 1.807) is 0 Å². The van der Waals surface area contributed by atoms with E-state index in [0.29, 0.717) is 19.3 Å². The van der Waals surface area contributed by atoms with Crippen LogP contribution >= 0.6 is 0 Å². The molecule has 5 heteroatoms. The van der Waals surface area contributed by atoms with E-state index >= 15 is 0 Å². The predicted octanol–water partition coefficient (Wildman–Crippen LogP) is 2.73. The van der Waals surface area contributed by atoms with Crippen molar-refractivity contribution in [2.24, 2.45) is 16.5 Å². The minimum absolute atomic E-state index is 0.279. The molecular weight excluding hydrogens is 270 g/mol. The largest absolute Gasteiger partial charge is 0.390 e. The summed E-state index contributed by atoms with van der Waals surface area (Å²) in [6.45, 7) is 5.97. The molecule has 5 nitrogen and oxygen atoms in total. The Morgan fingerprint density at radius 2 is 2.00 bits per heavy atom. The molecule has 5 unspecified atom stereocenters. The molecule has 0 aromatic carbocycles. The van der Waals surface area contributed by atoms with Crippen LogP contribution in [-0.4, -0.2) is 33.2 Å². The summed E-state index contributed by atoms with van der Waals surface area (Å²) in [7, 11) is 0. The third kappa shape index (κ3) is 2.43. The molecular formula is C16H27NO4. The topological polar surface area (TPSA) is 79.1 Å². The first-order valence-corrected chi connectivity index (χ1v) is 8.08. The van der Waals surface area contributed by atoms with E-state index in [1.807, 2.05) is 20.8 Å². The molecule has 0 aliphatic heterocycles. The highest BCUT2D eigenvalue weighted by atomic mass is 16.6. The fourth-order valence-corrected chi connectivity index (χ4v) is 5.05. The molecule has 0 aromatic rings. The zero-order valence-electron chi connectivity index (χ0n) is 13.3. The molecule has 0 heterocycles. The Balaban J connectivity index is 1.86. The minimum atomic E-state index is -0.883. The van der Waals surface area contributed by atoms with Crippen LogP contribution in [0.1, 0.15) is 65.7 Å². The molecule has 4 aliphatic rings. The number of hydrogen-bond acceptors (Lipinski definition) is 5. The molecule has 2 N–H and O–H groups in total. The lowest BCUT2D eigenvalue weighted by molar-refractivity contribution is -0.295. The summed E-state index contributed by atoms with van der Waals surface area (Å²) < 4.78 is 6.10. The highest BCUT2D eigenvalue weighted by Gasteiger charge is 2.65. The average Bonchev–Trinajstić information content (AvgIpc) is 2.35. The van der Waals surface area contributed by atoms with Crippen LogP contribution in [0.3, 0.4) is 0 Å². The molecule has 0 saturated heterocycles. The molecule has 0 radical (unpaired) electrons. The Morgan fingerprint density at radius 1 is 1.29 bits per heavy atom. The molecule has 120 valence electrons. The summed E-state index contributed by atoms with van der Waals surface area (Å²) >= 11 is 0. The van der Waals surface area contributed by atoms with Gasteiger partial charge < -0.3 is 14.9 Å². The van der Waals surface area contributed by atoms with Crippen molar-refractivity contribution in [3.63, 3.8) is 0 Å². The number of nitrogens with zero attached hydrogens (tertiary/aromatic N) is 1. The van der Waals surface area contributed by atoms with Gasteiger partial charge in [0.25, 0.3) is 0 Å². The first kappa shape index (κ1) is 15.4. The summed E-state index contributed by atoms with van der Waals surface area (Å²) in [6.07, 6.45) is 3.76. The second kappa shape index (κ2) is 4.49. The third-order valence-electron chi connectivity index (χ3n) is 6.09. The predicted molar refractivity (Wildman–Crippen MR) is 78.6 cm³/mol. The van der Waals surface area contributed by atoms with Crippen LogP contribution in [0.5, 0.6) is 0 Å². The van der Waals surface area contributed by atoms with Gasteiger partial charge in [0.2, 0.25) is 0 Å². The second-order valence-corrected chi connectivity index (χ2v) is 8.54. The third-order valence-corrected chi connectivity index (χ3v) is 6.09. The van der Waals surface area contributed by atoms with Gasteiger partial charge in [-0.2, -0.15) is 4.91 Å². The first-order valence-electron chi connectivity index (χ1n) is 8.08. The Bertz CT molecular complexity index is 454. The van der Waals surface area contributed by atoms with Crippen LogP contribution in [0.15, 0.2) is 5.18 Å². The van der Waals surface area contributed by atoms with Gasteiger partial charge in [-0.25, -0.2) is 0 Å². The number of aliphatic hydroxyl groups excluding tert-OH is 1. The van der Waals surface area contributed by atoms with Crippen LogP contribution in [0.2, 0.25) is 0 Å². The number of ether oxygens (including phenoxy) is 1. The summed E-state index contributed by atoms with van der Waals surface area (Å²) in [5.41, 5.74) is -2.46. The van der Waals surface area contributed by atoms with Crippen LogP contribution in [-0.2, 0) is 4.74 Å². The monoisotopic (exact) mass is 297 g/mol. The Kier molecular flexibility index (Phi) is 3.29. The maximum Gasteiger partial charge on any atom is 0.160 e. The number of rotatable bonds is 5. The van der Waals surface area contributed by atoms with Gasteiger partial charge in [0.05, 0.1) is 11.2 Å². The van der Waals surface area contributed by atoms with Gasteiger partial charge in [0.15, 0.2) is 6.29 Å². The van der Waals surface area contributed by atoms with E-state index in [0.717, 1.165) is 25.7 Å². The lowest BCUT2D eigenvalue weighted by atomic mass is 9.49. The van der Waals surface area contributed by atoms with Gasteiger partial charge in [0, 0.05) is 24.7 Å². The standard InChI is InChI=1S/C16H27NO4/c1-4-13(2,3)12(18)21-16-7-11-5-14(9-16,17-20)8-15(19,6-11)10-16/h11-12,18-19H,4-10H2,1-3H3. The van der Waals surface area contributed by atoms with Crippen LogP contribution in [0, 0.1) is 16.2 Å². The molecule has 4 aliphatic carbocycles. The zero-order chi connectivity index (χ0) is 15.5. The van der Waals surface area contributed by atoms with Gasteiger partial charge in [-0.1, -0.05) is 25.9 Å². The number of aliphatic hydroxyl groups is 2. The molecule has 4 bridgehead atoms. The van der Waals surface area contributed by atoms with Crippen molar-refractivity contribution < 1.29 is 14.9 Å². The van der Waals surface area contributed by atoms with Gasteiger partial charge >= 0.3 is 0 Å². The average molecular weight is 297 g/mol. The van der Waals surface area contributed by atoms with Crippen molar-refractivity contribution in [3.05, 3.63) is 4.91 Å². The highest BCUT2D eigenvalue weighted by molar-refractivity contribution is 5.18. The lowest BCUT2D eigenvalue weighted by Crippen LogP contribution is -2.67. The molecule has 4 saturated carbocycles. The SMILES string of the molecule is CCC(C)(C)C(O)OC12CC3CC(O)(CC(N=O)(C3)C1)C2. The highest BCUT2D eigenvalue weighted by Crippen LogP contribution is 2.62. The normalized spacial score (nSPS) is 46.6. The summed E-state index contributed by atoms with van der Waals surface area (Å²) in [5.74, 6) is 0.279. The Labute approximate surface area is 126 Å². The quantitative estimate of drug-likeness (QED) is 0.604. The Hall–Kier alpha value is -0.520. The second-order valence-electron chi connectivity index (χ2n) is 8.54. The van der Waals surface area contributed by atoms with E-state index in [1.165, 1.54) is 0 Å². The van der Waals surface area contributed by atoms with E-state index in [-0.39, 0.29) is 11.3 Å². The number of hydrogen-bond donors (Lipinski definition) is 2. The molecule has 4 rings (SSSR count). The van der Waals surface area contributed by atoms with Crippen LogP contribution < -0.4 is 0 Å². The fourth-order valence-electron chi connectivity index (χ4n) is 5.05. The van der Waals surface area contributed by atoms with Crippen molar-refractivity contribution >= 4 is 0 Å². The summed E-state index contributed by atoms with van der Waals surface area (Å²) in [4.78, 5) is 11.4. The van der Waals surface area contributed by atoms with Crippen molar-refractivity contribution in [3.8, 4) is 0 Å². The summed E-state index contributed by atoms with van der Waals surface area (Å²) in [5, 5.41) is 24.6. The lowest BCUT2D eigenvalue weighted by Gasteiger charge is -2.62.